The lowest BCUT2D eigenvalue weighted by Gasteiger charge is -2.30. The fourth-order valence-corrected chi connectivity index (χ4v) is 5.50. The summed E-state index contributed by atoms with van der Waals surface area (Å²) < 4.78 is 17.3. The zero-order valence-corrected chi connectivity index (χ0v) is 21.4. The summed E-state index contributed by atoms with van der Waals surface area (Å²) in [6.07, 6.45) is 1.14. The lowest BCUT2D eigenvalue weighted by atomic mass is 9.78. The predicted molar refractivity (Wildman–Crippen MR) is 141 cm³/mol. The fourth-order valence-electron chi connectivity index (χ4n) is 4.95. The summed E-state index contributed by atoms with van der Waals surface area (Å²) in [7, 11) is 4.88. The van der Waals surface area contributed by atoms with Gasteiger partial charge in [0, 0.05) is 22.2 Å². The van der Waals surface area contributed by atoms with Crippen molar-refractivity contribution in [2.45, 2.75) is 24.8 Å². The molecule has 0 amide bonds. The number of carbonyl (C=O) groups is 1. The molecule has 2 aliphatic rings. The number of hydrogen-bond acceptors (Lipinski definition) is 6. The first kappa shape index (κ1) is 23.3. The third-order valence-corrected chi connectivity index (χ3v) is 7.37. The number of anilines is 2. The van der Waals surface area contributed by atoms with Gasteiger partial charge in [0.25, 0.3) is 0 Å². The van der Waals surface area contributed by atoms with Gasteiger partial charge in [0.2, 0.25) is 0 Å². The average Bonchev–Trinajstić information content (AvgIpc) is 3.05. The first-order chi connectivity index (χ1) is 17.0. The molecule has 1 aliphatic carbocycles. The van der Waals surface area contributed by atoms with Gasteiger partial charge < -0.3 is 24.8 Å². The van der Waals surface area contributed by atoms with Gasteiger partial charge in [-0.2, -0.15) is 0 Å². The molecular weight excluding hydrogens is 508 g/mol. The molecule has 0 spiro atoms. The molecule has 3 aromatic carbocycles. The number of carbonyl (C=O) groups excluding carboxylic acids is 1. The number of allylic oxidation sites excluding steroid dienone is 1. The minimum absolute atomic E-state index is 0.0589. The van der Waals surface area contributed by atoms with Gasteiger partial charge in [0.1, 0.15) is 5.75 Å². The zero-order valence-electron chi connectivity index (χ0n) is 19.9. The fraction of sp³-hybridized carbons (Fsp3) is 0.250. The number of methoxy groups -OCH3 is 3. The van der Waals surface area contributed by atoms with Crippen LogP contribution in [0, 0.1) is 0 Å². The quantitative estimate of drug-likeness (QED) is 0.391. The van der Waals surface area contributed by atoms with Crippen LogP contribution in [0.25, 0.3) is 0 Å². The molecule has 35 heavy (non-hydrogen) atoms. The van der Waals surface area contributed by atoms with Crippen molar-refractivity contribution in [3.63, 3.8) is 0 Å². The van der Waals surface area contributed by atoms with Crippen molar-refractivity contribution in [2.75, 3.05) is 32.0 Å². The van der Waals surface area contributed by atoms with Crippen molar-refractivity contribution >= 4 is 33.1 Å². The van der Waals surface area contributed by atoms with Gasteiger partial charge >= 0.3 is 0 Å². The Morgan fingerprint density at radius 1 is 0.857 bits per heavy atom. The Morgan fingerprint density at radius 3 is 2.34 bits per heavy atom. The SMILES string of the molecule is COc1cccc([C@H]2CC(=O)C3=C(C2)Nc2ccccc2N[C@H]3c2cc(OC)c(OC)cc2Br)c1. The van der Waals surface area contributed by atoms with Crippen LogP contribution in [-0.4, -0.2) is 27.1 Å². The van der Waals surface area contributed by atoms with Crippen LogP contribution in [0.3, 0.4) is 0 Å². The van der Waals surface area contributed by atoms with Gasteiger partial charge in [0.15, 0.2) is 17.3 Å². The molecule has 0 saturated heterocycles. The number of Topliss-reactive ketones (excluding diaryl/α,β-unsaturated/α-hetero) is 1. The van der Waals surface area contributed by atoms with E-state index >= 15 is 0 Å². The van der Waals surface area contributed by atoms with E-state index in [1.165, 1.54) is 0 Å². The van der Waals surface area contributed by atoms with Crippen LogP contribution >= 0.6 is 15.9 Å². The van der Waals surface area contributed by atoms with E-state index in [-0.39, 0.29) is 17.7 Å². The van der Waals surface area contributed by atoms with Gasteiger partial charge in [-0.25, -0.2) is 0 Å². The van der Waals surface area contributed by atoms with E-state index in [9.17, 15) is 4.79 Å². The number of fused-ring (bicyclic) bond motifs is 1. The van der Waals surface area contributed by atoms with Gasteiger partial charge in [-0.3, -0.25) is 4.79 Å². The van der Waals surface area contributed by atoms with Crippen LogP contribution in [-0.2, 0) is 4.79 Å². The number of nitrogens with one attached hydrogen (secondary N) is 2. The number of ketones is 1. The predicted octanol–water partition coefficient (Wildman–Crippen LogP) is 6.45. The van der Waals surface area contributed by atoms with Crippen LogP contribution in [0.4, 0.5) is 11.4 Å². The number of halogens is 1. The van der Waals surface area contributed by atoms with Gasteiger partial charge in [-0.15, -0.1) is 0 Å². The normalized spacial score (nSPS) is 19.0. The number of benzene rings is 3. The van der Waals surface area contributed by atoms with Crippen molar-refractivity contribution in [3.05, 3.63) is 87.5 Å². The standard InChI is InChI=1S/C28H27BrN2O4/c1-33-18-8-6-7-16(11-18)17-12-23-27(24(32)13-17)28(31-22-10-5-4-9-21(22)30-23)19-14-25(34-2)26(35-3)15-20(19)29/h4-11,14-15,17,28,30-31H,12-13H2,1-3H3/t17-,28+/m1/s1. The maximum atomic E-state index is 13.8. The molecule has 5 rings (SSSR count). The molecule has 1 aliphatic heterocycles. The van der Waals surface area contributed by atoms with E-state index < -0.39 is 0 Å². The molecule has 0 saturated carbocycles. The van der Waals surface area contributed by atoms with Crippen LogP contribution in [0.2, 0.25) is 0 Å². The van der Waals surface area contributed by atoms with E-state index in [4.69, 9.17) is 14.2 Å². The van der Waals surface area contributed by atoms with Crippen molar-refractivity contribution in [2.24, 2.45) is 0 Å². The van der Waals surface area contributed by atoms with E-state index in [0.717, 1.165) is 44.0 Å². The number of rotatable bonds is 5. The van der Waals surface area contributed by atoms with Crippen molar-refractivity contribution in [1.29, 1.82) is 0 Å². The largest absolute Gasteiger partial charge is 0.497 e. The van der Waals surface area contributed by atoms with E-state index in [2.05, 4.69) is 32.6 Å². The second-order valence-corrected chi connectivity index (χ2v) is 9.53. The highest BCUT2D eigenvalue weighted by Gasteiger charge is 2.37. The Hall–Kier alpha value is -3.45. The van der Waals surface area contributed by atoms with E-state index in [1.54, 1.807) is 21.3 Å². The molecule has 7 heteroatoms. The number of para-hydroxylation sites is 2. The Balaban J connectivity index is 1.63. The Bertz CT molecular complexity index is 1320. The molecule has 180 valence electrons. The Morgan fingerprint density at radius 2 is 1.60 bits per heavy atom. The molecule has 0 radical (unpaired) electrons. The lowest BCUT2D eigenvalue weighted by Crippen LogP contribution is -2.27. The third-order valence-electron chi connectivity index (χ3n) is 6.69. The summed E-state index contributed by atoms with van der Waals surface area (Å²) in [6, 6.07) is 19.5. The average molecular weight is 535 g/mol. The third kappa shape index (κ3) is 4.36. The van der Waals surface area contributed by atoms with Gasteiger partial charge in [-0.1, -0.05) is 40.2 Å². The van der Waals surface area contributed by atoms with Crippen molar-refractivity contribution < 1.29 is 19.0 Å². The topological polar surface area (TPSA) is 68.8 Å². The molecule has 0 bridgehead atoms. The summed E-state index contributed by atoms with van der Waals surface area (Å²) >= 11 is 3.71. The van der Waals surface area contributed by atoms with Gasteiger partial charge in [-0.05, 0) is 59.9 Å². The molecule has 3 aromatic rings. The van der Waals surface area contributed by atoms with Crippen molar-refractivity contribution in [3.8, 4) is 17.2 Å². The monoisotopic (exact) mass is 534 g/mol. The van der Waals surface area contributed by atoms with Gasteiger partial charge in [0.05, 0.1) is 38.7 Å². The van der Waals surface area contributed by atoms with Crippen LogP contribution in [0.1, 0.15) is 35.9 Å². The summed E-state index contributed by atoms with van der Waals surface area (Å²) in [5.74, 6) is 2.19. The smallest absolute Gasteiger partial charge is 0.163 e. The summed E-state index contributed by atoms with van der Waals surface area (Å²) in [5.41, 5.74) is 5.55. The molecule has 0 fully saturated rings. The first-order valence-electron chi connectivity index (χ1n) is 11.5. The number of ether oxygens (including phenoxy) is 3. The minimum atomic E-state index is -0.367. The maximum absolute atomic E-state index is 13.8. The molecule has 0 aromatic heterocycles. The van der Waals surface area contributed by atoms with Crippen LogP contribution < -0.4 is 24.8 Å². The van der Waals surface area contributed by atoms with E-state index in [0.29, 0.717) is 24.3 Å². The Labute approximate surface area is 213 Å². The minimum Gasteiger partial charge on any atom is -0.497 e. The van der Waals surface area contributed by atoms with Crippen LogP contribution in [0.15, 0.2) is 76.4 Å². The zero-order chi connectivity index (χ0) is 24.5. The highest BCUT2D eigenvalue weighted by Crippen LogP contribution is 2.47. The first-order valence-corrected chi connectivity index (χ1v) is 12.3. The molecule has 6 nitrogen and oxygen atoms in total. The van der Waals surface area contributed by atoms with Crippen molar-refractivity contribution in [1.82, 2.24) is 0 Å². The second-order valence-electron chi connectivity index (χ2n) is 8.67. The highest BCUT2D eigenvalue weighted by atomic mass is 79.9. The molecule has 0 unspecified atom stereocenters. The summed E-state index contributed by atoms with van der Waals surface area (Å²) in [5, 5.41) is 7.20. The molecule has 2 atom stereocenters. The molecule has 2 N–H and O–H groups in total. The lowest BCUT2D eigenvalue weighted by molar-refractivity contribution is -0.116. The Kier molecular flexibility index (Phi) is 6.43. The number of hydrogen-bond donors (Lipinski definition) is 2. The van der Waals surface area contributed by atoms with Crippen LogP contribution in [0.5, 0.6) is 17.2 Å². The molecular formula is C28H27BrN2O4. The summed E-state index contributed by atoms with van der Waals surface area (Å²) in [4.78, 5) is 13.8. The summed E-state index contributed by atoms with van der Waals surface area (Å²) in [6.45, 7) is 0. The van der Waals surface area contributed by atoms with E-state index in [1.807, 2.05) is 54.6 Å². The second kappa shape index (κ2) is 9.66. The highest BCUT2D eigenvalue weighted by molar-refractivity contribution is 9.10. The maximum Gasteiger partial charge on any atom is 0.163 e. The molecule has 1 heterocycles.